The number of alkyl carbamates (subject to hydrolysis) is 1. The normalized spacial score (nSPS) is 13.1. The van der Waals surface area contributed by atoms with Crippen LogP contribution in [0.25, 0.3) is 0 Å². The molecule has 0 saturated heterocycles. The van der Waals surface area contributed by atoms with Gasteiger partial charge in [0, 0.05) is 12.6 Å². The van der Waals surface area contributed by atoms with Crippen LogP contribution in [0, 0.1) is 6.92 Å². The van der Waals surface area contributed by atoms with Crippen LogP contribution in [-0.4, -0.2) is 34.4 Å². The number of aryl methyl sites for hydroxylation is 1. The Labute approximate surface area is 113 Å². The highest BCUT2D eigenvalue weighted by molar-refractivity contribution is 5.67. The Hall–Kier alpha value is -1.63. The SMILES string of the molecule is Cc1noc(CNC(C)CNC(=O)OC(C)(C)C)n1. The molecule has 0 radical (unpaired) electrons. The standard InChI is InChI=1S/C12H22N4O3/c1-8(6-14-11(17)18-12(3,4)5)13-7-10-15-9(2)16-19-10/h8,13H,6-7H2,1-5H3,(H,14,17). The lowest BCUT2D eigenvalue weighted by atomic mass is 10.2. The maximum absolute atomic E-state index is 11.4. The number of rotatable bonds is 5. The van der Waals surface area contributed by atoms with Crippen molar-refractivity contribution < 1.29 is 14.1 Å². The van der Waals surface area contributed by atoms with Gasteiger partial charge in [-0.2, -0.15) is 4.98 Å². The number of hydrogen-bond donors (Lipinski definition) is 2. The third-order valence-corrected chi connectivity index (χ3v) is 2.12. The molecular formula is C12H22N4O3. The summed E-state index contributed by atoms with van der Waals surface area (Å²) in [4.78, 5) is 15.5. The first-order valence-corrected chi connectivity index (χ1v) is 6.25. The van der Waals surface area contributed by atoms with Crippen molar-refractivity contribution in [2.24, 2.45) is 0 Å². The highest BCUT2D eigenvalue weighted by Crippen LogP contribution is 2.06. The lowest BCUT2D eigenvalue weighted by Crippen LogP contribution is -2.41. The van der Waals surface area contributed by atoms with Crippen molar-refractivity contribution >= 4 is 6.09 Å². The van der Waals surface area contributed by atoms with E-state index in [0.717, 1.165) is 0 Å². The molecule has 0 aliphatic rings. The van der Waals surface area contributed by atoms with E-state index in [9.17, 15) is 4.79 Å². The molecule has 7 heteroatoms. The molecule has 0 saturated carbocycles. The van der Waals surface area contributed by atoms with Crippen molar-refractivity contribution in [2.75, 3.05) is 6.54 Å². The average Bonchev–Trinajstić information content (AvgIpc) is 2.67. The summed E-state index contributed by atoms with van der Waals surface area (Å²) in [6.07, 6.45) is -0.421. The fourth-order valence-corrected chi connectivity index (χ4v) is 1.30. The summed E-state index contributed by atoms with van der Waals surface area (Å²) in [5.41, 5.74) is -0.484. The Bertz CT molecular complexity index is 411. The molecule has 1 heterocycles. The van der Waals surface area contributed by atoms with Crippen molar-refractivity contribution in [1.82, 2.24) is 20.8 Å². The zero-order valence-electron chi connectivity index (χ0n) is 12.1. The first-order chi connectivity index (χ1) is 8.76. The summed E-state index contributed by atoms with van der Waals surface area (Å²) in [7, 11) is 0. The lowest BCUT2D eigenvalue weighted by molar-refractivity contribution is 0.0523. The second kappa shape index (κ2) is 6.51. The van der Waals surface area contributed by atoms with Gasteiger partial charge in [-0.05, 0) is 34.6 Å². The van der Waals surface area contributed by atoms with Crippen LogP contribution in [0.4, 0.5) is 4.79 Å². The molecule has 0 aliphatic carbocycles. The minimum Gasteiger partial charge on any atom is -0.444 e. The maximum atomic E-state index is 11.4. The van der Waals surface area contributed by atoms with Gasteiger partial charge in [-0.15, -0.1) is 0 Å². The molecule has 108 valence electrons. The first kappa shape index (κ1) is 15.4. The van der Waals surface area contributed by atoms with Crippen molar-refractivity contribution in [3.05, 3.63) is 11.7 Å². The molecule has 1 aromatic rings. The van der Waals surface area contributed by atoms with Crippen LogP contribution in [-0.2, 0) is 11.3 Å². The van der Waals surface area contributed by atoms with E-state index in [1.165, 1.54) is 0 Å². The number of aromatic nitrogens is 2. The van der Waals surface area contributed by atoms with Gasteiger partial charge in [-0.1, -0.05) is 5.16 Å². The van der Waals surface area contributed by atoms with Crippen LogP contribution in [0.3, 0.4) is 0 Å². The zero-order valence-corrected chi connectivity index (χ0v) is 12.1. The number of hydrogen-bond acceptors (Lipinski definition) is 6. The average molecular weight is 270 g/mol. The van der Waals surface area contributed by atoms with Crippen molar-refractivity contribution in [3.8, 4) is 0 Å². The minimum atomic E-state index is -0.484. The van der Waals surface area contributed by atoms with Crippen molar-refractivity contribution in [3.63, 3.8) is 0 Å². The van der Waals surface area contributed by atoms with Crippen LogP contribution in [0.15, 0.2) is 4.52 Å². The Morgan fingerprint density at radius 1 is 1.47 bits per heavy atom. The van der Waals surface area contributed by atoms with E-state index in [1.807, 2.05) is 27.7 Å². The van der Waals surface area contributed by atoms with E-state index in [-0.39, 0.29) is 6.04 Å². The number of amides is 1. The summed E-state index contributed by atoms with van der Waals surface area (Å²) in [5, 5.41) is 9.55. The molecule has 1 rings (SSSR count). The molecule has 1 amide bonds. The third kappa shape index (κ3) is 6.76. The van der Waals surface area contributed by atoms with Gasteiger partial charge in [0.15, 0.2) is 5.82 Å². The van der Waals surface area contributed by atoms with Gasteiger partial charge in [0.1, 0.15) is 5.60 Å². The van der Waals surface area contributed by atoms with Gasteiger partial charge >= 0.3 is 6.09 Å². The summed E-state index contributed by atoms with van der Waals surface area (Å²) in [6.45, 7) is 10.1. The summed E-state index contributed by atoms with van der Waals surface area (Å²) in [5.74, 6) is 1.14. The van der Waals surface area contributed by atoms with Gasteiger partial charge in [0.05, 0.1) is 6.54 Å². The largest absolute Gasteiger partial charge is 0.444 e. The Kier molecular flexibility index (Phi) is 5.29. The van der Waals surface area contributed by atoms with Crippen LogP contribution < -0.4 is 10.6 Å². The number of carbonyl (C=O) groups excluding carboxylic acids is 1. The van der Waals surface area contributed by atoms with Crippen LogP contribution in [0.2, 0.25) is 0 Å². The topological polar surface area (TPSA) is 89.3 Å². The molecule has 0 bridgehead atoms. The molecule has 0 spiro atoms. The second-order valence-electron chi connectivity index (χ2n) is 5.40. The number of ether oxygens (including phenoxy) is 1. The highest BCUT2D eigenvalue weighted by Gasteiger charge is 2.16. The van der Waals surface area contributed by atoms with E-state index in [1.54, 1.807) is 6.92 Å². The van der Waals surface area contributed by atoms with Crippen LogP contribution in [0.5, 0.6) is 0 Å². The molecule has 0 fully saturated rings. The fraction of sp³-hybridized carbons (Fsp3) is 0.750. The van der Waals surface area contributed by atoms with Gasteiger partial charge in [-0.3, -0.25) is 0 Å². The van der Waals surface area contributed by atoms with Gasteiger partial charge in [0.25, 0.3) is 0 Å². The number of nitrogens with zero attached hydrogens (tertiary/aromatic N) is 2. The zero-order chi connectivity index (χ0) is 14.5. The third-order valence-electron chi connectivity index (χ3n) is 2.12. The van der Waals surface area contributed by atoms with Crippen LogP contribution in [0.1, 0.15) is 39.4 Å². The summed E-state index contributed by atoms with van der Waals surface area (Å²) in [6, 6.07) is 0.0692. The molecule has 2 N–H and O–H groups in total. The van der Waals surface area contributed by atoms with Gasteiger partial charge < -0.3 is 19.9 Å². The van der Waals surface area contributed by atoms with E-state index in [0.29, 0.717) is 24.8 Å². The van der Waals surface area contributed by atoms with Crippen molar-refractivity contribution in [2.45, 2.75) is 52.8 Å². The Balaban J connectivity index is 2.21. The summed E-state index contributed by atoms with van der Waals surface area (Å²) >= 11 is 0. The van der Waals surface area contributed by atoms with Gasteiger partial charge in [0.2, 0.25) is 5.89 Å². The van der Waals surface area contributed by atoms with Crippen LogP contribution >= 0.6 is 0 Å². The minimum absolute atomic E-state index is 0.0692. The Morgan fingerprint density at radius 3 is 2.68 bits per heavy atom. The quantitative estimate of drug-likeness (QED) is 0.840. The van der Waals surface area contributed by atoms with Gasteiger partial charge in [-0.25, -0.2) is 4.79 Å². The molecule has 19 heavy (non-hydrogen) atoms. The van der Waals surface area contributed by atoms with E-state index < -0.39 is 11.7 Å². The predicted molar refractivity (Wildman–Crippen MR) is 69.6 cm³/mol. The smallest absolute Gasteiger partial charge is 0.407 e. The fourth-order valence-electron chi connectivity index (χ4n) is 1.30. The predicted octanol–water partition coefficient (Wildman–Crippen LogP) is 1.38. The maximum Gasteiger partial charge on any atom is 0.407 e. The van der Waals surface area contributed by atoms with E-state index in [2.05, 4.69) is 20.8 Å². The van der Waals surface area contributed by atoms with Crippen molar-refractivity contribution in [1.29, 1.82) is 0 Å². The lowest BCUT2D eigenvalue weighted by Gasteiger charge is -2.21. The number of carbonyl (C=O) groups is 1. The molecule has 1 atom stereocenters. The number of nitrogens with one attached hydrogen (secondary N) is 2. The Morgan fingerprint density at radius 2 is 2.16 bits per heavy atom. The molecule has 0 aliphatic heterocycles. The molecule has 0 aromatic carbocycles. The molecular weight excluding hydrogens is 248 g/mol. The first-order valence-electron chi connectivity index (χ1n) is 6.25. The molecule has 1 unspecified atom stereocenters. The monoisotopic (exact) mass is 270 g/mol. The second-order valence-corrected chi connectivity index (χ2v) is 5.40. The highest BCUT2D eigenvalue weighted by atomic mass is 16.6. The van der Waals surface area contributed by atoms with E-state index >= 15 is 0 Å². The summed E-state index contributed by atoms with van der Waals surface area (Å²) < 4.78 is 10.1. The molecule has 1 aromatic heterocycles. The molecule has 7 nitrogen and oxygen atoms in total. The van der Waals surface area contributed by atoms with E-state index in [4.69, 9.17) is 9.26 Å².